The van der Waals surface area contributed by atoms with E-state index in [4.69, 9.17) is 14.7 Å². The molecule has 212 valence electrons. The third-order valence-corrected chi connectivity index (χ3v) is 9.55. The third-order valence-electron chi connectivity index (χ3n) is 9.55. The number of aromatic amines is 1. The number of nitrogens with one attached hydrogen (secondary N) is 2. The molecule has 4 aliphatic heterocycles. The predicted molar refractivity (Wildman–Crippen MR) is 154 cm³/mol. The van der Waals surface area contributed by atoms with Crippen LogP contribution >= 0.6 is 0 Å². The Morgan fingerprint density at radius 1 is 1.15 bits per heavy atom. The average Bonchev–Trinajstić information content (AvgIpc) is 3.68. The van der Waals surface area contributed by atoms with E-state index in [1.54, 1.807) is 6.20 Å². The number of aryl methyl sites for hydroxylation is 1. The number of anilines is 1. The molecule has 0 saturated carbocycles. The molecule has 6 heterocycles. The van der Waals surface area contributed by atoms with Gasteiger partial charge in [0.1, 0.15) is 23.8 Å². The Morgan fingerprint density at radius 3 is 2.77 bits per heavy atom. The van der Waals surface area contributed by atoms with Crippen LogP contribution in [0.2, 0.25) is 0 Å². The number of H-pyrrole nitrogens is 1. The fraction of sp³-hybridized carbons (Fsp3) is 0.567. The minimum Gasteiger partial charge on any atom is -0.461 e. The molecule has 2 aromatic heterocycles. The molecule has 2 N–H and O–H groups in total. The van der Waals surface area contributed by atoms with Gasteiger partial charge in [0, 0.05) is 37.8 Å². The van der Waals surface area contributed by atoms with E-state index in [9.17, 15) is 0 Å². The maximum atomic E-state index is 16.8. The van der Waals surface area contributed by atoms with Gasteiger partial charge in [-0.3, -0.25) is 10.00 Å². The van der Waals surface area contributed by atoms with Crippen LogP contribution in [0.15, 0.2) is 18.3 Å². The molecule has 0 radical (unpaired) electrons. The van der Waals surface area contributed by atoms with Crippen molar-refractivity contribution in [2.45, 2.75) is 63.1 Å². The molecule has 4 aliphatic rings. The van der Waals surface area contributed by atoms with Crippen molar-refractivity contribution in [2.75, 3.05) is 51.8 Å². The zero-order valence-electron chi connectivity index (χ0n) is 23.7. The van der Waals surface area contributed by atoms with Crippen molar-refractivity contribution in [3.8, 4) is 6.01 Å². The summed E-state index contributed by atoms with van der Waals surface area (Å²) < 4.78 is 23.2. The number of piperidine rings is 1. The van der Waals surface area contributed by atoms with Crippen molar-refractivity contribution < 1.29 is 9.13 Å². The van der Waals surface area contributed by atoms with Gasteiger partial charge in [0.25, 0.3) is 0 Å². The standard InChI is InChI=1S/C30H39FN8O/c1-19-13-21(22-15-33-36-24(22)14-19)27-25(31)26-23(17-37(27)3)28(38-10-4-7-20(16-38)32-2)35-29(34-26)40-18-30-8-5-11-39(30)12-6-9-30/h13-15,17,20,27,32H,4-12,16,18H2,1-3H3,(H,33,36). The van der Waals surface area contributed by atoms with Gasteiger partial charge in [-0.05, 0) is 82.8 Å². The Morgan fingerprint density at radius 2 is 1.98 bits per heavy atom. The van der Waals surface area contributed by atoms with E-state index in [0.29, 0.717) is 18.0 Å². The minimum absolute atomic E-state index is 0.0629. The first-order valence-electron chi connectivity index (χ1n) is 14.7. The van der Waals surface area contributed by atoms with Crippen LogP contribution in [-0.2, 0) is 0 Å². The van der Waals surface area contributed by atoms with E-state index < -0.39 is 6.04 Å². The summed E-state index contributed by atoms with van der Waals surface area (Å²) in [5.41, 5.74) is 2.88. The second-order valence-electron chi connectivity index (χ2n) is 12.1. The SMILES string of the molecule is CNC1CCCN(c2nc(OCC34CCCN3CCC4)nc3c2=CN(C)C(c2cc(C)cc4[nH]ncc24)C=3F)C1. The summed E-state index contributed by atoms with van der Waals surface area (Å²) in [6.07, 6.45) is 10.6. The van der Waals surface area contributed by atoms with Crippen LogP contribution in [0.5, 0.6) is 6.01 Å². The van der Waals surface area contributed by atoms with E-state index in [-0.39, 0.29) is 17.4 Å². The molecule has 10 heteroatoms. The quantitative estimate of drug-likeness (QED) is 0.488. The summed E-state index contributed by atoms with van der Waals surface area (Å²) in [6.45, 7) is 6.51. The monoisotopic (exact) mass is 546 g/mol. The van der Waals surface area contributed by atoms with Crippen LogP contribution in [0.3, 0.4) is 0 Å². The number of hydrogen-bond donors (Lipinski definition) is 2. The number of halogens is 1. The zero-order valence-corrected chi connectivity index (χ0v) is 23.7. The normalized spacial score (nSPS) is 24.4. The zero-order chi connectivity index (χ0) is 27.4. The van der Waals surface area contributed by atoms with Crippen molar-refractivity contribution in [3.05, 3.63) is 40.0 Å². The molecule has 9 nitrogen and oxygen atoms in total. The lowest BCUT2D eigenvalue weighted by atomic mass is 9.95. The molecule has 1 aromatic carbocycles. The molecule has 2 atom stereocenters. The lowest BCUT2D eigenvalue weighted by molar-refractivity contribution is 0.107. The molecule has 7 rings (SSSR count). The number of likely N-dealkylation sites (N-methyl/N-ethyl adjacent to an activating group) is 1. The van der Waals surface area contributed by atoms with Crippen LogP contribution in [-0.4, -0.2) is 88.4 Å². The Hall–Kier alpha value is -3.24. The van der Waals surface area contributed by atoms with E-state index >= 15 is 4.39 Å². The number of nitrogens with zero attached hydrogens (tertiary/aromatic N) is 6. The maximum absolute atomic E-state index is 16.8. The summed E-state index contributed by atoms with van der Waals surface area (Å²) >= 11 is 0. The Kier molecular flexibility index (Phi) is 6.42. The number of fused-ring (bicyclic) bond motifs is 3. The van der Waals surface area contributed by atoms with Gasteiger partial charge >= 0.3 is 6.01 Å². The highest BCUT2D eigenvalue weighted by atomic mass is 19.1. The summed E-state index contributed by atoms with van der Waals surface area (Å²) in [4.78, 5) is 16.5. The van der Waals surface area contributed by atoms with Gasteiger partial charge in [0.15, 0.2) is 5.83 Å². The van der Waals surface area contributed by atoms with Gasteiger partial charge in [-0.15, -0.1) is 0 Å². The first-order chi connectivity index (χ1) is 19.5. The van der Waals surface area contributed by atoms with Crippen molar-refractivity contribution in [1.82, 2.24) is 35.3 Å². The summed E-state index contributed by atoms with van der Waals surface area (Å²) in [6, 6.07) is 4.11. The summed E-state index contributed by atoms with van der Waals surface area (Å²) in [7, 11) is 3.93. The molecular weight excluding hydrogens is 507 g/mol. The van der Waals surface area contributed by atoms with E-state index in [1.165, 1.54) is 12.8 Å². The van der Waals surface area contributed by atoms with E-state index in [1.807, 2.05) is 44.3 Å². The molecule has 3 fully saturated rings. The number of ether oxygens (including phenoxy) is 1. The predicted octanol–water partition coefficient (Wildman–Crippen LogP) is 2.36. The van der Waals surface area contributed by atoms with Crippen LogP contribution in [0, 0.1) is 6.92 Å². The molecule has 3 saturated heterocycles. The topological polar surface area (TPSA) is 85.4 Å². The highest BCUT2D eigenvalue weighted by Gasteiger charge is 2.45. The molecule has 0 aliphatic carbocycles. The molecule has 40 heavy (non-hydrogen) atoms. The third kappa shape index (κ3) is 4.23. The molecular formula is C30H39FN8O. The van der Waals surface area contributed by atoms with Crippen molar-refractivity contribution in [3.63, 3.8) is 0 Å². The van der Waals surface area contributed by atoms with Crippen molar-refractivity contribution in [1.29, 1.82) is 0 Å². The highest BCUT2D eigenvalue weighted by molar-refractivity contribution is 5.84. The molecule has 0 amide bonds. The first kappa shape index (κ1) is 25.7. The Labute approximate surface area is 234 Å². The van der Waals surface area contributed by atoms with Crippen LogP contribution in [0.4, 0.5) is 10.2 Å². The number of hydrogen-bond acceptors (Lipinski definition) is 8. The Bertz CT molecular complexity index is 1540. The average molecular weight is 547 g/mol. The van der Waals surface area contributed by atoms with E-state index in [0.717, 1.165) is 84.9 Å². The van der Waals surface area contributed by atoms with Crippen molar-refractivity contribution >= 4 is 28.7 Å². The molecule has 0 spiro atoms. The summed E-state index contributed by atoms with van der Waals surface area (Å²) in [5.74, 6) is 0.468. The second kappa shape index (κ2) is 9.99. The Balaban J connectivity index is 1.35. The second-order valence-corrected chi connectivity index (χ2v) is 12.1. The number of aromatic nitrogens is 4. The summed E-state index contributed by atoms with van der Waals surface area (Å²) in [5, 5.41) is 12.7. The number of benzene rings is 1. The van der Waals surface area contributed by atoms with Crippen molar-refractivity contribution in [2.24, 2.45) is 0 Å². The molecule has 2 unspecified atom stereocenters. The fourth-order valence-corrected chi connectivity index (χ4v) is 7.51. The first-order valence-corrected chi connectivity index (χ1v) is 14.7. The van der Waals surface area contributed by atoms with Crippen LogP contribution in [0.1, 0.15) is 55.7 Å². The lowest BCUT2D eigenvalue weighted by Gasteiger charge is -2.35. The number of rotatable bonds is 6. The minimum atomic E-state index is -0.617. The van der Waals surface area contributed by atoms with Crippen LogP contribution < -0.4 is 25.5 Å². The van der Waals surface area contributed by atoms with Gasteiger partial charge in [0.05, 0.1) is 22.5 Å². The molecule has 3 aromatic rings. The highest BCUT2D eigenvalue weighted by Crippen LogP contribution is 2.39. The fourth-order valence-electron chi connectivity index (χ4n) is 7.51. The van der Waals surface area contributed by atoms with Gasteiger partial charge < -0.3 is 19.9 Å². The van der Waals surface area contributed by atoms with E-state index in [2.05, 4.69) is 25.3 Å². The van der Waals surface area contributed by atoms with Gasteiger partial charge in [0.2, 0.25) is 0 Å². The molecule has 0 bridgehead atoms. The van der Waals surface area contributed by atoms with Gasteiger partial charge in [-0.1, -0.05) is 6.07 Å². The maximum Gasteiger partial charge on any atom is 0.319 e. The smallest absolute Gasteiger partial charge is 0.319 e. The lowest BCUT2D eigenvalue weighted by Crippen LogP contribution is -2.50. The largest absolute Gasteiger partial charge is 0.461 e. The van der Waals surface area contributed by atoms with Gasteiger partial charge in [-0.25, -0.2) is 4.39 Å². The van der Waals surface area contributed by atoms with Gasteiger partial charge in [-0.2, -0.15) is 15.1 Å². The van der Waals surface area contributed by atoms with Crippen LogP contribution in [0.25, 0.3) is 22.9 Å².